The minimum Gasteiger partial charge on any atom is -0.497 e. The van der Waals surface area contributed by atoms with Crippen molar-refractivity contribution >= 4 is 5.69 Å². The van der Waals surface area contributed by atoms with Crippen LogP contribution in [0.2, 0.25) is 0 Å². The molecule has 21 heavy (non-hydrogen) atoms. The van der Waals surface area contributed by atoms with E-state index in [1.54, 1.807) is 7.11 Å². The molecule has 0 amide bonds. The molecule has 0 spiro atoms. The first kappa shape index (κ1) is 16.2. The number of benzene rings is 1. The van der Waals surface area contributed by atoms with Crippen LogP contribution in [-0.2, 0) is 0 Å². The fourth-order valence-corrected chi connectivity index (χ4v) is 3.48. The van der Waals surface area contributed by atoms with Crippen molar-refractivity contribution in [3.8, 4) is 5.75 Å². The standard InChI is InChI=1S/C18H29NO2/c1-3-5-15-6-4-12-18(14-20,13-11-15)19-16-7-9-17(21-2)10-8-16/h7-10,15,19-20H,3-6,11-14H2,1-2H3. The van der Waals surface area contributed by atoms with E-state index in [-0.39, 0.29) is 12.1 Å². The first-order valence-electron chi connectivity index (χ1n) is 8.24. The third-order valence-corrected chi connectivity index (χ3v) is 4.80. The monoisotopic (exact) mass is 291 g/mol. The molecule has 1 aliphatic rings. The summed E-state index contributed by atoms with van der Waals surface area (Å²) in [6, 6.07) is 7.99. The van der Waals surface area contributed by atoms with Crippen LogP contribution in [0.5, 0.6) is 5.75 Å². The van der Waals surface area contributed by atoms with Gasteiger partial charge < -0.3 is 15.2 Å². The van der Waals surface area contributed by atoms with Crippen molar-refractivity contribution in [3.05, 3.63) is 24.3 Å². The van der Waals surface area contributed by atoms with E-state index in [0.29, 0.717) is 0 Å². The maximum Gasteiger partial charge on any atom is 0.119 e. The molecule has 2 unspecified atom stereocenters. The Hall–Kier alpha value is -1.22. The Morgan fingerprint density at radius 1 is 1.24 bits per heavy atom. The van der Waals surface area contributed by atoms with Gasteiger partial charge >= 0.3 is 0 Å². The number of hydrogen-bond acceptors (Lipinski definition) is 3. The molecular formula is C18H29NO2. The third kappa shape index (κ3) is 4.37. The Labute approximate surface area is 128 Å². The summed E-state index contributed by atoms with van der Waals surface area (Å²) in [6.07, 6.45) is 8.43. The number of anilines is 1. The Bertz CT molecular complexity index is 418. The van der Waals surface area contributed by atoms with Gasteiger partial charge in [-0.2, -0.15) is 0 Å². The van der Waals surface area contributed by atoms with Crippen LogP contribution in [-0.4, -0.2) is 24.4 Å². The first-order valence-corrected chi connectivity index (χ1v) is 8.24. The summed E-state index contributed by atoms with van der Waals surface area (Å²) in [6.45, 7) is 2.47. The van der Waals surface area contributed by atoms with Crippen molar-refractivity contribution in [1.82, 2.24) is 0 Å². The summed E-state index contributed by atoms with van der Waals surface area (Å²) >= 11 is 0. The average Bonchev–Trinajstić information content (AvgIpc) is 2.72. The number of aliphatic hydroxyl groups excluding tert-OH is 1. The zero-order valence-corrected chi connectivity index (χ0v) is 13.4. The van der Waals surface area contributed by atoms with Gasteiger partial charge in [-0.1, -0.05) is 32.6 Å². The van der Waals surface area contributed by atoms with Crippen molar-refractivity contribution in [3.63, 3.8) is 0 Å². The van der Waals surface area contributed by atoms with Crippen LogP contribution < -0.4 is 10.1 Å². The Kier molecular flexibility index (Phi) is 5.92. The van der Waals surface area contributed by atoms with E-state index in [1.807, 2.05) is 24.3 Å². The predicted octanol–water partition coefficient (Wildman–Crippen LogP) is 4.22. The summed E-state index contributed by atoms with van der Waals surface area (Å²) in [4.78, 5) is 0. The van der Waals surface area contributed by atoms with Crippen LogP contribution in [0.4, 0.5) is 5.69 Å². The molecular weight excluding hydrogens is 262 g/mol. The van der Waals surface area contributed by atoms with Gasteiger partial charge in [0.1, 0.15) is 5.75 Å². The smallest absolute Gasteiger partial charge is 0.119 e. The van der Waals surface area contributed by atoms with Crippen molar-refractivity contribution in [2.24, 2.45) is 5.92 Å². The van der Waals surface area contributed by atoms with Crippen molar-refractivity contribution in [1.29, 1.82) is 0 Å². The zero-order chi connectivity index (χ0) is 15.1. The second-order valence-electron chi connectivity index (χ2n) is 6.38. The molecule has 2 N–H and O–H groups in total. The average molecular weight is 291 g/mol. The molecule has 0 bridgehead atoms. The summed E-state index contributed by atoms with van der Waals surface area (Å²) in [5.41, 5.74) is 0.913. The summed E-state index contributed by atoms with van der Waals surface area (Å²) in [5, 5.41) is 13.6. The Balaban J connectivity index is 2.02. The minimum absolute atomic E-state index is 0.156. The number of rotatable bonds is 6. The fraction of sp³-hybridized carbons (Fsp3) is 0.667. The van der Waals surface area contributed by atoms with Crippen LogP contribution in [0.3, 0.4) is 0 Å². The fourth-order valence-electron chi connectivity index (χ4n) is 3.48. The van der Waals surface area contributed by atoms with E-state index < -0.39 is 0 Å². The highest BCUT2D eigenvalue weighted by Gasteiger charge is 2.32. The highest BCUT2D eigenvalue weighted by atomic mass is 16.5. The molecule has 1 fully saturated rings. The molecule has 0 heterocycles. The lowest BCUT2D eigenvalue weighted by Gasteiger charge is -2.33. The van der Waals surface area contributed by atoms with Gasteiger partial charge in [0.2, 0.25) is 0 Å². The van der Waals surface area contributed by atoms with Crippen molar-refractivity contribution in [2.75, 3.05) is 19.0 Å². The molecule has 1 saturated carbocycles. The van der Waals surface area contributed by atoms with Crippen molar-refractivity contribution in [2.45, 2.75) is 57.4 Å². The number of hydrogen-bond donors (Lipinski definition) is 2. The molecule has 1 aliphatic carbocycles. The van der Waals surface area contributed by atoms with Gasteiger partial charge in [0.25, 0.3) is 0 Å². The van der Waals surface area contributed by atoms with Gasteiger partial charge in [-0.05, 0) is 49.4 Å². The molecule has 2 rings (SSSR count). The Morgan fingerprint density at radius 2 is 2.00 bits per heavy atom. The second-order valence-corrected chi connectivity index (χ2v) is 6.38. The topological polar surface area (TPSA) is 41.5 Å². The number of aliphatic hydroxyl groups is 1. The normalized spacial score (nSPS) is 26.1. The first-order chi connectivity index (χ1) is 10.2. The zero-order valence-electron chi connectivity index (χ0n) is 13.4. The number of nitrogens with one attached hydrogen (secondary N) is 1. The molecule has 2 atom stereocenters. The summed E-state index contributed by atoms with van der Waals surface area (Å²) < 4.78 is 5.19. The van der Waals surface area contributed by atoms with Gasteiger partial charge in [0, 0.05) is 5.69 Å². The molecule has 0 saturated heterocycles. The molecule has 3 nitrogen and oxygen atoms in total. The predicted molar refractivity (Wildman–Crippen MR) is 87.9 cm³/mol. The quantitative estimate of drug-likeness (QED) is 0.771. The number of ether oxygens (including phenoxy) is 1. The maximum atomic E-state index is 9.96. The van der Waals surface area contributed by atoms with Crippen LogP contribution in [0.1, 0.15) is 51.9 Å². The molecule has 1 aromatic carbocycles. The van der Waals surface area contributed by atoms with E-state index in [1.165, 1.54) is 32.1 Å². The lowest BCUT2D eigenvalue weighted by atomic mass is 9.89. The second kappa shape index (κ2) is 7.69. The highest BCUT2D eigenvalue weighted by molar-refractivity contribution is 5.48. The van der Waals surface area contributed by atoms with Gasteiger partial charge in [-0.25, -0.2) is 0 Å². The van der Waals surface area contributed by atoms with E-state index in [0.717, 1.165) is 30.2 Å². The van der Waals surface area contributed by atoms with Crippen molar-refractivity contribution < 1.29 is 9.84 Å². The van der Waals surface area contributed by atoms with E-state index in [9.17, 15) is 5.11 Å². The number of methoxy groups -OCH3 is 1. The van der Waals surface area contributed by atoms with Crippen LogP contribution >= 0.6 is 0 Å². The lowest BCUT2D eigenvalue weighted by Crippen LogP contribution is -2.41. The molecule has 0 aromatic heterocycles. The van der Waals surface area contributed by atoms with Gasteiger partial charge in [-0.15, -0.1) is 0 Å². The highest BCUT2D eigenvalue weighted by Crippen LogP contribution is 2.35. The minimum atomic E-state index is -0.156. The van der Waals surface area contributed by atoms with E-state index in [4.69, 9.17) is 4.74 Å². The van der Waals surface area contributed by atoms with Crippen LogP contribution in [0.15, 0.2) is 24.3 Å². The SMILES string of the molecule is CCCC1CCCC(CO)(Nc2ccc(OC)cc2)CC1. The molecule has 3 heteroatoms. The van der Waals surface area contributed by atoms with Crippen LogP contribution in [0.25, 0.3) is 0 Å². The summed E-state index contributed by atoms with van der Waals surface area (Å²) in [7, 11) is 1.68. The van der Waals surface area contributed by atoms with Crippen LogP contribution in [0, 0.1) is 5.92 Å². The molecule has 1 aromatic rings. The van der Waals surface area contributed by atoms with E-state index in [2.05, 4.69) is 12.2 Å². The molecule has 118 valence electrons. The largest absolute Gasteiger partial charge is 0.497 e. The van der Waals surface area contributed by atoms with Gasteiger partial charge in [0.05, 0.1) is 19.3 Å². The third-order valence-electron chi connectivity index (χ3n) is 4.80. The lowest BCUT2D eigenvalue weighted by molar-refractivity contribution is 0.194. The van der Waals surface area contributed by atoms with E-state index >= 15 is 0 Å². The van der Waals surface area contributed by atoms with Gasteiger partial charge in [-0.3, -0.25) is 0 Å². The summed E-state index contributed by atoms with van der Waals surface area (Å²) in [5.74, 6) is 1.70. The molecule has 0 aliphatic heterocycles. The Morgan fingerprint density at radius 3 is 2.62 bits per heavy atom. The van der Waals surface area contributed by atoms with Gasteiger partial charge in [0.15, 0.2) is 0 Å². The molecule has 0 radical (unpaired) electrons. The maximum absolute atomic E-state index is 9.96.